The summed E-state index contributed by atoms with van der Waals surface area (Å²) >= 11 is 0. The molecule has 1 aromatic rings. The maximum atomic E-state index is 8.98. The summed E-state index contributed by atoms with van der Waals surface area (Å²) in [5, 5.41) is 8.98. The Kier molecular flexibility index (Phi) is 3.91. The Morgan fingerprint density at radius 1 is 1.47 bits per heavy atom. The van der Waals surface area contributed by atoms with Gasteiger partial charge in [-0.1, -0.05) is 0 Å². The molecule has 0 spiro atoms. The lowest BCUT2D eigenvalue weighted by molar-refractivity contribution is 0.146. The average molecular weight is 236 g/mol. The monoisotopic (exact) mass is 236 g/mol. The number of anilines is 1. The molecular weight excluding hydrogens is 216 g/mol. The van der Waals surface area contributed by atoms with Gasteiger partial charge in [0.05, 0.1) is 6.61 Å². The largest absolute Gasteiger partial charge is 0.395 e. The van der Waals surface area contributed by atoms with Gasteiger partial charge in [-0.05, 0) is 19.9 Å². The summed E-state index contributed by atoms with van der Waals surface area (Å²) in [6, 6.07) is 2.41. The van der Waals surface area contributed by atoms with Crippen LogP contribution in [0, 0.1) is 6.92 Å². The first-order valence-corrected chi connectivity index (χ1v) is 6.10. The average Bonchev–Trinajstić information content (AvgIpc) is 2.32. The molecule has 17 heavy (non-hydrogen) atoms. The highest BCUT2D eigenvalue weighted by atomic mass is 16.3. The Labute approximate surface area is 102 Å². The second-order valence-electron chi connectivity index (χ2n) is 4.52. The van der Waals surface area contributed by atoms with Crippen LogP contribution < -0.4 is 4.90 Å². The molecule has 0 saturated carbocycles. The van der Waals surface area contributed by atoms with Crippen molar-refractivity contribution in [3.05, 3.63) is 18.1 Å². The van der Waals surface area contributed by atoms with E-state index in [-0.39, 0.29) is 6.61 Å². The lowest BCUT2D eigenvalue weighted by Gasteiger charge is -2.40. The quantitative estimate of drug-likeness (QED) is 0.817. The smallest absolute Gasteiger partial charge is 0.132 e. The van der Waals surface area contributed by atoms with Gasteiger partial charge in [0, 0.05) is 38.4 Å². The van der Waals surface area contributed by atoms with Crippen molar-refractivity contribution in [3.8, 4) is 0 Å². The van der Waals surface area contributed by atoms with Gasteiger partial charge in [-0.15, -0.1) is 0 Å². The molecule has 0 radical (unpaired) electrons. The zero-order chi connectivity index (χ0) is 12.3. The standard InChI is InChI=1S/C12H20N4O/c1-10-9-16(6-5-15(10)7-8-17)12-3-4-13-11(2)14-12/h3-4,10,17H,5-9H2,1-2H3. The Hall–Kier alpha value is -1.20. The van der Waals surface area contributed by atoms with E-state index in [4.69, 9.17) is 5.11 Å². The van der Waals surface area contributed by atoms with Crippen LogP contribution in [-0.4, -0.2) is 58.8 Å². The maximum absolute atomic E-state index is 8.98. The second-order valence-corrected chi connectivity index (χ2v) is 4.52. The molecule has 2 rings (SSSR count). The number of rotatable bonds is 3. The van der Waals surface area contributed by atoms with E-state index in [2.05, 4.69) is 26.7 Å². The molecule has 1 unspecified atom stereocenters. The van der Waals surface area contributed by atoms with Crippen molar-refractivity contribution in [1.29, 1.82) is 0 Å². The van der Waals surface area contributed by atoms with Crippen molar-refractivity contribution >= 4 is 5.82 Å². The van der Waals surface area contributed by atoms with Crippen LogP contribution in [0.3, 0.4) is 0 Å². The fourth-order valence-electron chi connectivity index (χ4n) is 2.28. The Bertz CT molecular complexity index is 371. The third kappa shape index (κ3) is 2.92. The summed E-state index contributed by atoms with van der Waals surface area (Å²) in [6.07, 6.45) is 1.81. The molecule has 1 aliphatic rings. The summed E-state index contributed by atoms with van der Waals surface area (Å²) < 4.78 is 0. The van der Waals surface area contributed by atoms with Crippen LogP contribution in [0.4, 0.5) is 5.82 Å². The molecule has 0 aromatic carbocycles. The highest BCUT2D eigenvalue weighted by Crippen LogP contribution is 2.16. The van der Waals surface area contributed by atoms with E-state index in [0.29, 0.717) is 6.04 Å². The van der Waals surface area contributed by atoms with E-state index >= 15 is 0 Å². The van der Waals surface area contributed by atoms with Gasteiger partial charge in [0.2, 0.25) is 0 Å². The molecule has 1 fully saturated rings. The fraction of sp³-hybridized carbons (Fsp3) is 0.667. The van der Waals surface area contributed by atoms with Crippen LogP contribution in [0.15, 0.2) is 12.3 Å². The third-order valence-corrected chi connectivity index (χ3v) is 3.24. The minimum Gasteiger partial charge on any atom is -0.395 e. The van der Waals surface area contributed by atoms with Crippen molar-refractivity contribution in [1.82, 2.24) is 14.9 Å². The van der Waals surface area contributed by atoms with Gasteiger partial charge in [0.1, 0.15) is 11.6 Å². The van der Waals surface area contributed by atoms with Crippen molar-refractivity contribution in [2.75, 3.05) is 37.7 Å². The zero-order valence-electron chi connectivity index (χ0n) is 10.5. The lowest BCUT2D eigenvalue weighted by Crippen LogP contribution is -2.52. The molecule has 2 heterocycles. The Morgan fingerprint density at radius 3 is 2.94 bits per heavy atom. The SMILES string of the molecule is Cc1nccc(N2CCN(CCO)C(C)C2)n1. The molecule has 0 aliphatic carbocycles. The van der Waals surface area contributed by atoms with Crippen molar-refractivity contribution in [2.45, 2.75) is 19.9 Å². The normalized spacial score (nSPS) is 21.8. The molecule has 1 atom stereocenters. The molecule has 1 aliphatic heterocycles. The highest BCUT2D eigenvalue weighted by molar-refractivity contribution is 5.38. The zero-order valence-corrected chi connectivity index (χ0v) is 10.5. The molecule has 5 heteroatoms. The van der Waals surface area contributed by atoms with Crippen LogP contribution in [0.5, 0.6) is 0 Å². The van der Waals surface area contributed by atoms with Crippen LogP contribution in [0.25, 0.3) is 0 Å². The molecular formula is C12H20N4O. The van der Waals surface area contributed by atoms with E-state index in [1.165, 1.54) is 0 Å². The molecule has 5 nitrogen and oxygen atoms in total. The second kappa shape index (κ2) is 5.42. The fourth-order valence-corrected chi connectivity index (χ4v) is 2.28. The highest BCUT2D eigenvalue weighted by Gasteiger charge is 2.23. The summed E-state index contributed by atoms with van der Waals surface area (Å²) in [7, 11) is 0. The topological polar surface area (TPSA) is 52.5 Å². The molecule has 0 bridgehead atoms. The van der Waals surface area contributed by atoms with E-state index in [0.717, 1.165) is 37.8 Å². The minimum absolute atomic E-state index is 0.233. The van der Waals surface area contributed by atoms with E-state index in [1.54, 1.807) is 0 Å². The van der Waals surface area contributed by atoms with Crippen molar-refractivity contribution in [2.24, 2.45) is 0 Å². The van der Waals surface area contributed by atoms with Crippen LogP contribution in [-0.2, 0) is 0 Å². The summed E-state index contributed by atoms with van der Waals surface area (Å²) in [4.78, 5) is 13.2. The number of hydrogen-bond acceptors (Lipinski definition) is 5. The van der Waals surface area contributed by atoms with Gasteiger partial charge in [0.15, 0.2) is 0 Å². The summed E-state index contributed by atoms with van der Waals surface area (Å²) in [5.74, 6) is 1.82. The lowest BCUT2D eigenvalue weighted by atomic mass is 10.2. The van der Waals surface area contributed by atoms with E-state index in [9.17, 15) is 0 Å². The molecule has 1 N–H and O–H groups in total. The number of aromatic nitrogens is 2. The number of hydrogen-bond donors (Lipinski definition) is 1. The number of piperazine rings is 1. The van der Waals surface area contributed by atoms with Crippen LogP contribution in [0.2, 0.25) is 0 Å². The van der Waals surface area contributed by atoms with Crippen molar-refractivity contribution < 1.29 is 5.11 Å². The maximum Gasteiger partial charge on any atom is 0.132 e. The molecule has 0 amide bonds. The van der Waals surface area contributed by atoms with Gasteiger partial charge >= 0.3 is 0 Å². The number of aryl methyl sites for hydroxylation is 1. The first-order chi connectivity index (χ1) is 8.20. The van der Waals surface area contributed by atoms with Crippen LogP contribution in [0.1, 0.15) is 12.7 Å². The third-order valence-electron chi connectivity index (χ3n) is 3.24. The first-order valence-electron chi connectivity index (χ1n) is 6.10. The van der Waals surface area contributed by atoms with Gasteiger partial charge < -0.3 is 10.0 Å². The minimum atomic E-state index is 0.233. The Balaban J connectivity index is 2.01. The first kappa shape index (κ1) is 12.3. The number of nitrogens with zero attached hydrogens (tertiary/aromatic N) is 4. The predicted molar refractivity (Wildman–Crippen MR) is 67.1 cm³/mol. The van der Waals surface area contributed by atoms with Crippen molar-refractivity contribution in [3.63, 3.8) is 0 Å². The van der Waals surface area contributed by atoms with Crippen LogP contribution >= 0.6 is 0 Å². The number of β-amino-alcohol motifs (C(OH)–C–C–N with tert-alkyl or cyclic N) is 1. The number of aliphatic hydroxyl groups excluding tert-OH is 1. The van der Waals surface area contributed by atoms with Gasteiger partial charge in [-0.3, -0.25) is 4.90 Å². The number of aliphatic hydroxyl groups is 1. The predicted octanol–water partition coefficient (Wildman–Crippen LogP) is 0.288. The van der Waals surface area contributed by atoms with E-state index < -0.39 is 0 Å². The van der Waals surface area contributed by atoms with Gasteiger partial charge in [0.25, 0.3) is 0 Å². The van der Waals surface area contributed by atoms with E-state index in [1.807, 2.05) is 19.2 Å². The molecule has 94 valence electrons. The molecule has 1 aromatic heterocycles. The van der Waals surface area contributed by atoms with Gasteiger partial charge in [-0.2, -0.15) is 0 Å². The summed E-state index contributed by atoms with van der Waals surface area (Å²) in [5.41, 5.74) is 0. The summed E-state index contributed by atoms with van der Waals surface area (Å²) in [6.45, 7) is 7.99. The van der Waals surface area contributed by atoms with Gasteiger partial charge in [-0.25, -0.2) is 9.97 Å². The molecule has 1 saturated heterocycles. The Morgan fingerprint density at radius 2 is 2.29 bits per heavy atom.